The summed E-state index contributed by atoms with van der Waals surface area (Å²) in [6.45, 7) is 0. The monoisotopic (exact) mass is 225 g/mol. The molecule has 0 aromatic heterocycles. The average Bonchev–Trinajstić information content (AvgIpc) is 3.12. The van der Waals surface area contributed by atoms with Crippen molar-refractivity contribution in [2.45, 2.75) is 56.8 Å². The Bertz CT molecular complexity index is 250. The van der Waals surface area contributed by atoms with Crippen LogP contribution in [-0.2, 0) is 0 Å². The first-order valence-electron chi connectivity index (χ1n) is 6.45. The molecule has 3 heteroatoms. The highest BCUT2D eigenvalue weighted by atomic mass is 16.3. The molecule has 0 spiro atoms. The third kappa shape index (κ3) is 3.06. The topological polar surface area (TPSA) is 66.5 Å². The lowest BCUT2D eigenvalue weighted by atomic mass is 9.86. The number of aliphatic hydroxyl groups is 2. The van der Waals surface area contributed by atoms with Crippen molar-refractivity contribution in [1.29, 1.82) is 0 Å². The van der Waals surface area contributed by atoms with E-state index in [1.165, 1.54) is 0 Å². The molecule has 0 aromatic carbocycles. The summed E-state index contributed by atoms with van der Waals surface area (Å²) < 4.78 is 0. The van der Waals surface area contributed by atoms with Crippen molar-refractivity contribution in [2.24, 2.45) is 17.6 Å². The van der Waals surface area contributed by atoms with E-state index in [9.17, 15) is 10.2 Å². The number of rotatable bonds is 5. The van der Waals surface area contributed by atoms with E-state index in [2.05, 4.69) is 12.2 Å². The van der Waals surface area contributed by atoms with Crippen LogP contribution >= 0.6 is 0 Å². The molecule has 0 saturated heterocycles. The van der Waals surface area contributed by atoms with Crippen LogP contribution in [0.1, 0.15) is 38.5 Å². The first kappa shape index (κ1) is 12.1. The molecule has 0 aromatic rings. The van der Waals surface area contributed by atoms with Crippen LogP contribution in [0.5, 0.6) is 0 Å². The van der Waals surface area contributed by atoms with Crippen LogP contribution in [-0.4, -0.2) is 28.5 Å². The molecule has 0 aliphatic heterocycles. The molecule has 1 saturated carbocycles. The molecule has 3 nitrogen and oxygen atoms in total. The maximum atomic E-state index is 9.93. The second-order valence-electron chi connectivity index (χ2n) is 5.37. The molecule has 2 aliphatic rings. The molecule has 0 radical (unpaired) electrons. The van der Waals surface area contributed by atoms with Gasteiger partial charge in [-0.05, 0) is 50.4 Å². The van der Waals surface area contributed by atoms with E-state index >= 15 is 0 Å². The normalized spacial score (nSPS) is 31.1. The lowest BCUT2D eigenvalue weighted by molar-refractivity contribution is -0.0126. The van der Waals surface area contributed by atoms with E-state index in [0.29, 0.717) is 11.8 Å². The fourth-order valence-corrected chi connectivity index (χ4v) is 2.56. The Labute approximate surface area is 97.3 Å². The van der Waals surface area contributed by atoms with Crippen molar-refractivity contribution < 1.29 is 10.2 Å². The molecular weight excluding hydrogens is 202 g/mol. The zero-order chi connectivity index (χ0) is 11.5. The maximum absolute atomic E-state index is 9.93. The van der Waals surface area contributed by atoms with Crippen LogP contribution < -0.4 is 5.73 Å². The Morgan fingerprint density at radius 1 is 1.19 bits per heavy atom. The highest BCUT2D eigenvalue weighted by Crippen LogP contribution is 2.35. The van der Waals surface area contributed by atoms with Crippen molar-refractivity contribution in [3.63, 3.8) is 0 Å². The van der Waals surface area contributed by atoms with Gasteiger partial charge in [0.15, 0.2) is 0 Å². The molecule has 1 fully saturated rings. The van der Waals surface area contributed by atoms with E-state index in [1.807, 2.05) is 0 Å². The van der Waals surface area contributed by atoms with E-state index in [0.717, 1.165) is 38.5 Å². The summed E-state index contributed by atoms with van der Waals surface area (Å²) in [5, 5.41) is 19.7. The van der Waals surface area contributed by atoms with Gasteiger partial charge in [-0.1, -0.05) is 12.2 Å². The second kappa shape index (κ2) is 5.30. The summed E-state index contributed by atoms with van der Waals surface area (Å²) >= 11 is 0. The fraction of sp³-hybridized carbons (Fsp3) is 0.846. The Balaban J connectivity index is 1.77. The van der Waals surface area contributed by atoms with Gasteiger partial charge in [-0.15, -0.1) is 0 Å². The van der Waals surface area contributed by atoms with Crippen molar-refractivity contribution >= 4 is 0 Å². The van der Waals surface area contributed by atoms with Gasteiger partial charge in [-0.3, -0.25) is 0 Å². The average molecular weight is 225 g/mol. The van der Waals surface area contributed by atoms with Crippen molar-refractivity contribution in [1.82, 2.24) is 0 Å². The van der Waals surface area contributed by atoms with Gasteiger partial charge in [0.2, 0.25) is 0 Å². The van der Waals surface area contributed by atoms with Crippen molar-refractivity contribution in [3.8, 4) is 0 Å². The summed E-state index contributed by atoms with van der Waals surface area (Å²) in [6.07, 6.45) is 9.33. The molecule has 2 aliphatic carbocycles. The van der Waals surface area contributed by atoms with Gasteiger partial charge >= 0.3 is 0 Å². The van der Waals surface area contributed by atoms with E-state index in [-0.39, 0.29) is 6.04 Å². The molecule has 4 atom stereocenters. The summed E-state index contributed by atoms with van der Waals surface area (Å²) in [7, 11) is 0. The summed E-state index contributed by atoms with van der Waals surface area (Å²) in [5.41, 5.74) is 5.98. The molecule has 0 heterocycles. The molecule has 16 heavy (non-hydrogen) atoms. The molecule has 0 bridgehead atoms. The van der Waals surface area contributed by atoms with Crippen LogP contribution in [0.2, 0.25) is 0 Å². The third-order valence-corrected chi connectivity index (χ3v) is 3.88. The molecule has 4 N–H and O–H groups in total. The molecular formula is C13H23NO2. The predicted octanol–water partition coefficient (Wildman–Crippen LogP) is 1.19. The predicted molar refractivity (Wildman–Crippen MR) is 63.8 cm³/mol. The first-order valence-corrected chi connectivity index (χ1v) is 6.45. The van der Waals surface area contributed by atoms with Crippen LogP contribution in [0.25, 0.3) is 0 Å². The zero-order valence-electron chi connectivity index (χ0n) is 9.76. The smallest absolute Gasteiger partial charge is 0.0952 e. The van der Waals surface area contributed by atoms with E-state index < -0.39 is 12.2 Å². The van der Waals surface area contributed by atoms with Crippen molar-refractivity contribution in [3.05, 3.63) is 12.2 Å². The quantitative estimate of drug-likeness (QED) is 0.616. The number of hydrogen-bond acceptors (Lipinski definition) is 3. The lowest BCUT2D eigenvalue weighted by Crippen LogP contribution is -2.45. The summed E-state index contributed by atoms with van der Waals surface area (Å²) in [4.78, 5) is 0. The summed E-state index contributed by atoms with van der Waals surface area (Å²) in [6, 6.07) is -0.271. The zero-order valence-corrected chi connectivity index (χ0v) is 9.76. The van der Waals surface area contributed by atoms with Crippen LogP contribution in [0.15, 0.2) is 12.2 Å². The molecule has 92 valence electrons. The Morgan fingerprint density at radius 3 is 2.50 bits per heavy atom. The highest BCUT2D eigenvalue weighted by molar-refractivity contribution is 4.94. The number of nitrogens with two attached hydrogens (primary N) is 1. The van der Waals surface area contributed by atoms with Crippen LogP contribution in [0, 0.1) is 11.8 Å². The minimum absolute atomic E-state index is 0.271. The first-order chi connectivity index (χ1) is 7.68. The van der Waals surface area contributed by atoms with Gasteiger partial charge < -0.3 is 15.9 Å². The van der Waals surface area contributed by atoms with Gasteiger partial charge in [0.1, 0.15) is 0 Å². The van der Waals surface area contributed by atoms with Gasteiger partial charge in [-0.25, -0.2) is 0 Å². The number of hydrogen-bond donors (Lipinski definition) is 3. The Morgan fingerprint density at radius 2 is 1.94 bits per heavy atom. The second-order valence-corrected chi connectivity index (χ2v) is 5.37. The largest absolute Gasteiger partial charge is 0.390 e. The molecule has 0 amide bonds. The van der Waals surface area contributed by atoms with Crippen LogP contribution in [0.3, 0.4) is 0 Å². The van der Waals surface area contributed by atoms with E-state index in [1.54, 1.807) is 0 Å². The molecule has 2 rings (SSSR count). The lowest BCUT2D eigenvalue weighted by Gasteiger charge is -2.27. The fourth-order valence-electron chi connectivity index (χ4n) is 2.56. The Hall–Kier alpha value is -0.380. The Kier molecular flexibility index (Phi) is 4.00. The summed E-state index contributed by atoms with van der Waals surface area (Å²) in [5.74, 6) is 0.883. The number of aliphatic hydroxyl groups excluding tert-OH is 2. The minimum Gasteiger partial charge on any atom is -0.390 e. The molecule has 1 unspecified atom stereocenters. The highest BCUT2D eigenvalue weighted by Gasteiger charge is 2.37. The maximum Gasteiger partial charge on any atom is 0.0952 e. The van der Waals surface area contributed by atoms with Gasteiger partial charge in [0, 0.05) is 6.04 Å². The van der Waals surface area contributed by atoms with Crippen molar-refractivity contribution in [2.75, 3.05) is 0 Å². The van der Waals surface area contributed by atoms with Gasteiger partial charge in [0.05, 0.1) is 12.2 Å². The SMILES string of the molecule is N[C@@H](CC1CC=CCC1)[C@@H](O)[C@@H](O)C1CC1. The van der Waals surface area contributed by atoms with Gasteiger partial charge in [0.25, 0.3) is 0 Å². The number of allylic oxidation sites excluding steroid dienone is 2. The van der Waals surface area contributed by atoms with Gasteiger partial charge in [-0.2, -0.15) is 0 Å². The van der Waals surface area contributed by atoms with Crippen LogP contribution in [0.4, 0.5) is 0 Å². The standard InChI is InChI=1S/C13H23NO2/c14-11(8-9-4-2-1-3-5-9)13(16)12(15)10-6-7-10/h1-2,9-13,15-16H,3-8,14H2/t9?,11-,12-,13+/m0/s1. The van der Waals surface area contributed by atoms with E-state index in [4.69, 9.17) is 5.73 Å². The third-order valence-electron chi connectivity index (χ3n) is 3.88. The minimum atomic E-state index is -0.738.